The summed E-state index contributed by atoms with van der Waals surface area (Å²) in [5.74, 6) is 0.00315. The molecule has 0 unspecified atom stereocenters. The molecule has 0 aliphatic heterocycles. The number of hydrogen-bond acceptors (Lipinski definition) is 3. The van der Waals surface area contributed by atoms with Crippen LogP contribution in [-0.2, 0) is 0 Å². The van der Waals surface area contributed by atoms with Crippen LogP contribution in [0.4, 0.5) is 0 Å². The number of rotatable bonds is 4. The zero-order valence-electron chi connectivity index (χ0n) is 10.2. The van der Waals surface area contributed by atoms with Crippen LogP contribution in [0, 0.1) is 0 Å². The topological polar surface area (TPSA) is 60.9 Å². The predicted octanol–water partition coefficient (Wildman–Crippen LogP) is 2.57. The van der Waals surface area contributed by atoms with Crippen LogP contribution in [0.15, 0.2) is 6.20 Å². The number of carbonyl (C=O) groups is 1. The van der Waals surface area contributed by atoms with Gasteiger partial charge in [-0.05, 0) is 33.1 Å². The highest BCUT2D eigenvalue weighted by Gasteiger charge is 2.36. The van der Waals surface area contributed by atoms with Gasteiger partial charge < -0.3 is 5.73 Å². The van der Waals surface area contributed by atoms with Crippen LogP contribution in [0.3, 0.4) is 0 Å². The molecule has 1 aromatic heterocycles. The standard InChI is InChI=1S/C12H18ClN3O/c1-8(2)16-11(9(13)7-15-16)10(17)6-12(14)4-3-5-12/h7-8H,3-6,14H2,1-2H3. The molecule has 0 bridgehead atoms. The van der Waals surface area contributed by atoms with Gasteiger partial charge >= 0.3 is 0 Å². The smallest absolute Gasteiger partial charge is 0.184 e. The highest BCUT2D eigenvalue weighted by molar-refractivity contribution is 6.33. The monoisotopic (exact) mass is 255 g/mol. The summed E-state index contributed by atoms with van der Waals surface area (Å²) < 4.78 is 1.67. The first-order valence-corrected chi connectivity index (χ1v) is 6.36. The minimum absolute atomic E-state index is 0.00315. The van der Waals surface area contributed by atoms with E-state index in [0.717, 1.165) is 19.3 Å². The van der Waals surface area contributed by atoms with Gasteiger partial charge in [0.25, 0.3) is 0 Å². The molecule has 0 saturated heterocycles. The fourth-order valence-corrected chi connectivity index (χ4v) is 2.44. The Morgan fingerprint density at radius 2 is 2.29 bits per heavy atom. The lowest BCUT2D eigenvalue weighted by Gasteiger charge is -2.37. The van der Waals surface area contributed by atoms with Gasteiger partial charge in [0.15, 0.2) is 5.78 Å². The van der Waals surface area contributed by atoms with Crippen molar-refractivity contribution in [1.82, 2.24) is 9.78 Å². The summed E-state index contributed by atoms with van der Waals surface area (Å²) in [7, 11) is 0. The third-order valence-corrected chi connectivity index (χ3v) is 3.64. The SMILES string of the molecule is CC(C)n1ncc(Cl)c1C(=O)CC1(N)CCC1. The van der Waals surface area contributed by atoms with Crippen molar-refractivity contribution >= 4 is 17.4 Å². The van der Waals surface area contributed by atoms with Crippen LogP contribution < -0.4 is 5.73 Å². The highest BCUT2D eigenvalue weighted by Crippen LogP contribution is 2.34. The Morgan fingerprint density at radius 3 is 2.76 bits per heavy atom. The maximum Gasteiger partial charge on any atom is 0.184 e. The van der Waals surface area contributed by atoms with Crippen LogP contribution in [0.25, 0.3) is 0 Å². The van der Waals surface area contributed by atoms with E-state index in [4.69, 9.17) is 17.3 Å². The van der Waals surface area contributed by atoms with Crippen LogP contribution in [0.1, 0.15) is 56.1 Å². The molecule has 1 saturated carbocycles. The van der Waals surface area contributed by atoms with E-state index in [1.54, 1.807) is 4.68 Å². The molecule has 2 rings (SSSR count). The average Bonchev–Trinajstić information content (AvgIpc) is 2.57. The van der Waals surface area contributed by atoms with Gasteiger partial charge in [-0.15, -0.1) is 0 Å². The van der Waals surface area contributed by atoms with Crippen LogP contribution in [-0.4, -0.2) is 21.1 Å². The van der Waals surface area contributed by atoms with Crippen molar-refractivity contribution in [2.24, 2.45) is 5.73 Å². The van der Waals surface area contributed by atoms with Gasteiger partial charge in [-0.25, -0.2) is 0 Å². The number of aromatic nitrogens is 2. The normalized spacial score (nSPS) is 18.2. The molecule has 1 heterocycles. The van der Waals surface area contributed by atoms with Crippen LogP contribution in [0.2, 0.25) is 5.02 Å². The molecule has 0 radical (unpaired) electrons. The van der Waals surface area contributed by atoms with E-state index in [1.807, 2.05) is 13.8 Å². The van der Waals surface area contributed by atoms with E-state index in [1.165, 1.54) is 6.20 Å². The number of nitrogens with zero attached hydrogens (tertiary/aromatic N) is 2. The lowest BCUT2D eigenvalue weighted by Crippen LogP contribution is -2.48. The summed E-state index contributed by atoms with van der Waals surface area (Å²) in [5, 5.41) is 4.56. The minimum Gasteiger partial charge on any atom is -0.325 e. The van der Waals surface area contributed by atoms with Gasteiger partial charge in [-0.1, -0.05) is 11.6 Å². The first kappa shape index (κ1) is 12.6. The van der Waals surface area contributed by atoms with E-state index in [9.17, 15) is 4.79 Å². The maximum atomic E-state index is 12.2. The summed E-state index contributed by atoms with van der Waals surface area (Å²) in [5.41, 5.74) is 6.28. The van der Waals surface area contributed by atoms with Crippen molar-refractivity contribution in [3.8, 4) is 0 Å². The molecule has 5 heteroatoms. The van der Waals surface area contributed by atoms with Gasteiger partial charge in [-0.2, -0.15) is 5.10 Å². The van der Waals surface area contributed by atoms with E-state index in [-0.39, 0.29) is 17.4 Å². The molecular weight excluding hydrogens is 238 g/mol. The average molecular weight is 256 g/mol. The van der Waals surface area contributed by atoms with E-state index < -0.39 is 0 Å². The Morgan fingerprint density at radius 1 is 1.65 bits per heavy atom. The van der Waals surface area contributed by atoms with Crippen molar-refractivity contribution in [2.45, 2.75) is 51.1 Å². The lowest BCUT2D eigenvalue weighted by molar-refractivity contribution is 0.0900. The number of hydrogen-bond donors (Lipinski definition) is 1. The second kappa shape index (κ2) is 4.42. The summed E-state index contributed by atoms with van der Waals surface area (Å²) in [6.07, 6.45) is 4.85. The van der Waals surface area contributed by atoms with Crippen LogP contribution >= 0.6 is 11.6 Å². The Balaban J connectivity index is 2.21. The highest BCUT2D eigenvalue weighted by atomic mass is 35.5. The lowest BCUT2D eigenvalue weighted by atomic mass is 9.74. The molecule has 1 aromatic rings. The number of carbonyl (C=O) groups excluding carboxylic acids is 1. The second-order valence-electron chi connectivity index (χ2n) is 5.20. The molecule has 1 fully saturated rings. The minimum atomic E-state index is -0.313. The van der Waals surface area contributed by atoms with Crippen molar-refractivity contribution in [2.75, 3.05) is 0 Å². The van der Waals surface area contributed by atoms with Gasteiger partial charge in [0.2, 0.25) is 0 Å². The molecule has 17 heavy (non-hydrogen) atoms. The fourth-order valence-electron chi connectivity index (χ4n) is 2.20. The molecule has 0 spiro atoms. The first-order chi connectivity index (χ1) is 7.93. The van der Waals surface area contributed by atoms with E-state index >= 15 is 0 Å². The predicted molar refractivity (Wildman–Crippen MR) is 67.3 cm³/mol. The van der Waals surface area contributed by atoms with Crippen LogP contribution in [0.5, 0.6) is 0 Å². The van der Waals surface area contributed by atoms with E-state index in [2.05, 4.69) is 5.10 Å². The molecule has 1 aliphatic rings. The number of nitrogens with two attached hydrogens (primary N) is 1. The summed E-state index contributed by atoms with van der Waals surface area (Å²) >= 11 is 6.03. The van der Waals surface area contributed by atoms with Gasteiger partial charge in [-0.3, -0.25) is 9.48 Å². The summed E-state index contributed by atoms with van der Waals surface area (Å²) in [6, 6.07) is 0.122. The number of Topliss-reactive ketones (excluding diaryl/α,β-unsaturated/α-hetero) is 1. The summed E-state index contributed by atoms with van der Waals surface area (Å²) in [6.45, 7) is 3.95. The zero-order valence-corrected chi connectivity index (χ0v) is 11.0. The molecule has 1 aliphatic carbocycles. The van der Waals surface area contributed by atoms with Crippen molar-refractivity contribution < 1.29 is 4.79 Å². The number of halogens is 1. The van der Waals surface area contributed by atoms with Gasteiger partial charge in [0.1, 0.15) is 5.69 Å². The van der Waals surface area contributed by atoms with Gasteiger partial charge in [0.05, 0.1) is 11.2 Å². The third kappa shape index (κ3) is 2.38. The van der Waals surface area contributed by atoms with Crippen molar-refractivity contribution in [1.29, 1.82) is 0 Å². The Kier molecular flexibility index (Phi) is 3.27. The zero-order chi connectivity index (χ0) is 12.6. The largest absolute Gasteiger partial charge is 0.325 e. The van der Waals surface area contributed by atoms with Crippen molar-refractivity contribution in [3.63, 3.8) is 0 Å². The molecule has 0 atom stereocenters. The first-order valence-electron chi connectivity index (χ1n) is 5.98. The Hall–Kier alpha value is -0.870. The second-order valence-corrected chi connectivity index (χ2v) is 5.60. The molecule has 94 valence electrons. The van der Waals surface area contributed by atoms with Gasteiger partial charge in [0, 0.05) is 18.0 Å². The quantitative estimate of drug-likeness (QED) is 0.842. The molecule has 0 amide bonds. The molecule has 2 N–H and O–H groups in total. The van der Waals surface area contributed by atoms with Crippen molar-refractivity contribution in [3.05, 3.63) is 16.9 Å². The Bertz CT molecular complexity index is 435. The fraction of sp³-hybridized carbons (Fsp3) is 0.667. The molecule has 0 aromatic carbocycles. The third-order valence-electron chi connectivity index (χ3n) is 3.37. The molecular formula is C12H18ClN3O. The number of ketones is 1. The summed E-state index contributed by atoms with van der Waals surface area (Å²) in [4.78, 5) is 12.2. The van der Waals surface area contributed by atoms with E-state index in [0.29, 0.717) is 17.1 Å². The Labute approximate surface area is 106 Å². The maximum absolute atomic E-state index is 12.2. The molecule has 4 nitrogen and oxygen atoms in total.